The third kappa shape index (κ3) is 2.53. The van der Waals surface area contributed by atoms with E-state index < -0.39 is 0 Å². The number of rotatable bonds is 4. The molecule has 2 N–H and O–H groups in total. The molecule has 0 aliphatic rings. The van der Waals surface area contributed by atoms with Gasteiger partial charge >= 0.3 is 0 Å². The number of aryl methyl sites for hydroxylation is 2. The van der Waals surface area contributed by atoms with Gasteiger partial charge in [0.2, 0.25) is 5.82 Å². The lowest BCUT2D eigenvalue weighted by molar-refractivity contribution is 0.736. The fourth-order valence-electron chi connectivity index (χ4n) is 1.84. The summed E-state index contributed by atoms with van der Waals surface area (Å²) in [6.07, 6.45) is 0.633. The van der Waals surface area contributed by atoms with Gasteiger partial charge in [-0.05, 0) is 18.9 Å². The fourth-order valence-corrected chi connectivity index (χ4v) is 1.84. The molecule has 2 heterocycles. The van der Waals surface area contributed by atoms with E-state index in [0.717, 1.165) is 0 Å². The van der Waals surface area contributed by atoms with Crippen LogP contribution in [-0.4, -0.2) is 20.0 Å². The highest BCUT2D eigenvalue weighted by atomic mass is 16.1. The maximum absolute atomic E-state index is 12.0. The van der Waals surface area contributed by atoms with E-state index in [1.54, 1.807) is 14.0 Å². The van der Waals surface area contributed by atoms with Gasteiger partial charge in [-0.15, -0.1) is 10.2 Å². The molecule has 0 fully saturated rings. The van der Waals surface area contributed by atoms with E-state index in [1.807, 2.05) is 13.0 Å². The van der Waals surface area contributed by atoms with E-state index in [-0.39, 0.29) is 17.1 Å². The number of nitriles is 1. The molecule has 0 radical (unpaired) electrons. The van der Waals surface area contributed by atoms with E-state index in [2.05, 4.69) is 32.1 Å². The Bertz CT molecular complexity index is 813. The Kier molecular flexibility index (Phi) is 3.84. The van der Waals surface area contributed by atoms with Crippen molar-refractivity contribution in [1.82, 2.24) is 20.0 Å². The first-order chi connectivity index (χ1) is 9.99. The minimum atomic E-state index is -0.318. The van der Waals surface area contributed by atoms with E-state index >= 15 is 0 Å². The van der Waals surface area contributed by atoms with Crippen LogP contribution in [0.4, 0.5) is 11.5 Å². The largest absolute Gasteiger partial charge is 0.294 e. The van der Waals surface area contributed by atoms with Crippen molar-refractivity contribution in [2.75, 3.05) is 0 Å². The Hall–Kier alpha value is -2.95. The second-order valence-corrected chi connectivity index (χ2v) is 4.55. The third-order valence-electron chi connectivity index (χ3n) is 2.98. The number of nitrogens with zero attached hydrogens (tertiary/aromatic N) is 5. The molecule has 0 bridgehead atoms. The average Bonchev–Trinajstić information content (AvgIpc) is 2.98. The summed E-state index contributed by atoms with van der Waals surface area (Å²) in [7, 11) is 1.58. The lowest BCUT2D eigenvalue weighted by Crippen LogP contribution is -2.10. The first-order valence-electron chi connectivity index (χ1n) is 6.33. The molecule has 0 unspecified atom stereocenters. The van der Waals surface area contributed by atoms with Gasteiger partial charge in [0.25, 0.3) is 5.56 Å². The SMILES string of the molecule is C=C(C)c1[nH]n(C)c(=O)c1N=Nc1n[nH]c(CC)c1C#N. The number of nitrogens with one attached hydrogen (secondary N) is 2. The number of aromatic amines is 2. The van der Waals surface area contributed by atoms with Crippen LogP contribution in [0.3, 0.4) is 0 Å². The van der Waals surface area contributed by atoms with Gasteiger partial charge in [0, 0.05) is 7.05 Å². The van der Waals surface area contributed by atoms with Gasteiger partial charge in [-0.3, -0.25) is 19.7 Å². The summed E-state index contributed by atoms with van der Waals surface area (Å²) in [5, 5.41) is 26.5. The van der Waals surface area contributed by atoms with Gasteiger partial charge < -0.3 is 0 Å². The van der Waals surface area contributed by atoms with Crippen LogP contribution in [0.15, 0.2) is 21.6 Å². The molecule has 0 amide bonds. The second-order valence-electron chi connectivity index (χ2n) is 4.55. The first-order valence-corrected chi connectivity index (χ1v) is 6.33. The van der Waals surface area contributed by atoms with Gasteiger partial charge in [0.15, 0.2) is 5.69 Å². The summed E-state index contributed by atoms with van der Waals surface area (Å²) in [4.78, 5) is 12.0. The van der Waals surface area contributed by atoms with E-state index in [4.69, 9.17) is 5.26 Å². The van der Waals surface area contributed by atoms with Gasteiger partial charge in [-0.1, -0.05) is 13.5 Å². The molecule has 0 saturated heterocycles. The van der Waals surface area contributed by atoms with Crippen molar-refractivity contribution in [1.29, 1.82) is 5.26 Å². The molecular formula is C13H15N7O. The van der Waals surface area contributed by atoms with Crippen LogP contribution in [0.25, 0.3) is 5.57 Å². The maximum Gasteiger partial charge on any atom is 0.294 e. The summed E-state index contributed by atoms with van der Waals surface area (Å²) in [5.74, 6) is 0.172. The van der Waals surface area contributed by atoms with Gasteiger partial charge in [0.05, 0.1) is 11.4 Å². The van der Waals surface area contributed by atoms with Crippen molar-refractivity contribution >= 4 is 17.1 Å². The number of H-pyrrole nitrogens is 2. The molecule has 2 aromatic heterocycles. The van der Waals surface area contributed by atoms with Crippen LogP contribution in [0, 0.1) is 11.3 Å². The molecule has 0 aliphatic carbocycles. The minimum absolute atomic E-state index is 0.148. The molecule has 0 spiro atoms. The Morgan fingerprint density at radius 2 is 2.24 bits per heavy atom. The predicted molar refractivity (Wildman–Crippen MR) is 77.6 cm³/mol. The summed E-state index contributed by atoms with van der Waals surface area (Å²) in [6, 6.07) is 2.03. The maximum atomic E-state index is 12.0. The first kappa shape index (κ1) is 14.5. The molecule has 0 atom stereocenters. The number of hydrogen-bond donors (Lipinski definition) is 2. The molecule has 8 heteroatoms. The molecule has 2 rings (SSSR count). The Morgan fingerprint density at radius 1 is 1.52 bits per heavy atom. The van der Waals surface area contributed by atoms with Crippen molar-refractivity contribution in [2.24, 2.45) is 17.3 Å². The summed E-state index contributed by atoms with van der Waals surface area (Å²) in [5.41, 5.74) is 2.03. The number of azo groups is 1. The number of allylic oxidation sites excluding steroid dienone is 1. The smallest absolute Gasteiger partial charge is 0.293 e. The zero-order valence-corrected chi connectivity index (χ0v) is 12.1. The molecule has 8 nitrogen and oxygen atoms in total. The Labute approximate surface area is 120 Å². The second kappa shape index (κ2) is 5.58. The Balaban J connectivity index is 2.48. The summed E-state index contributed by atoms with van der Waals surface area (Å²) in [6.45, 7) is 7.45. The van der Waals surface area contributed by atoms with Crippen molar-refractivity contribution in [3.63, 3.8) is 0 Å². The van der Waals surface area contributed by atoms with Crippen molar-refractivity contribution in [3.05, 3.63) is 33.9 Å². The molecule has 108 valence electrons. The topological polar surface area (TPSA) is 115 Å². The van der Waals surface area contributed by atoms with E-state index in [9.17, 15) is 4.79 Å². The minimum Gasteiger partial charge on any atom is -0.293 e. The van der Waals surface area contributed by atoms with E-state index in [1.165, 1.54) is 4.68 Å². The predicted octanol–water partition coefficient (Wildman–Crippen LogP) is 2.32. The summed E-state index contributed by atoms with van der Waals surface area (Å²) < 4.78 is 1.30. The van der Waals surface area contributed by atoms with Crippen LogP contribution in [-0.2, 0) is 13.5 Å². The molecule has 0 aliphatic heterocycles. The van der Waals surface area contributed by atoms with Crippen molar-refractivity contribution in [3.8, 4) is 6.07 Å². The lowest BCUT2D eigenvalue weighted by Gasteiger charge is -1.94. The normalized spacial score (nSPS) is 11.0. The molecule has 0 saturated carbocycles. The summed E-state index contributed by atoms with van der Waals surface area (Å²) >= 11 is 0. The molecule has 0 aromatic carbocycles. The molecule has 2 aromatic rings. The zero-order valence-electron chi connectivity index (χ0n) is 12.1. The third-order valence-corrected chi connectivity index (χ3v) is 2.98. The average molecular weight is 285 g/mol. The van der Waals surface area contributed by atoms with Crippen LogP contribution < -0.4 is 5.56 Å². The highest BCUT2D eigenvalue weighted by Gasteiger charge is 2.14. The lowest BCUT2D eigenvalue weighted by atomic mass is 10.2. The highest BCUT2D eigenvalue weighted by Crippen LogP contribution is 2.24. The van der Waals surface area contributed by atoms with Crippen molar-refractivity contribution in [2.45, 2.75) is 20.3 Å². The quantitative estimate of drug-likeness (QED) is 0.840. The van der Waals surface area contributed by atoms with Gasteiger partial charge in [-0.25, -0.2) is 0 Å². The van der Waals surface area contributed by atoms with E-state index in [0.29, 0.717) is 28.9 Å². The number of hydrogen-bond acceptors (Lipinski definition) is 5. The number of aromatic nitrogens is 4. The molecular weight excluding hydrogens is 270 g/mol. The monoisotopic (exact) mass is 285 g/mol. The van der Waals surface area contributed by atoms with Crippen molar-refractivity contribution < 1.29 is 0 Å². The van der Waals surface area contributed by atoms with Crippen LogP contribution >= 0.6 is 0 Å². The Morgan fingerprint density at radius 3 is 2.81 bits per heavy atom. The van der Waals surface area contributed by atoms with Gasteiger partial charge in [0.1, 0.15) is 11.6 Å². The standard InChI is InChI=1S/C13H15N7O/c1-5-9-8(6-14)12(17-15-9)18-16-11-10(7(2)3)19-20(4)13(11)21/h19H,2,5H2,1,3-4H3,(H,15,17). The molecule has 21 heavy (non-hydrogen) atoms. The van der Waals surface area contributed by atoms with Crippen LogP contribution in [0.5, 0.6) is 0 Å². The highest BCUT2D eigenvalue weighted by molar-refractivity contribution is 5.68. The zero-order chi connectivity index (χ0) is 15.6. The fraction of sp³-hybridized carbons (Fsp3) is 0.308. The van der Waals surface area contributed by atoms with Crippen LogP contribution in [0.2, 0.25) is 0 Å². The van der Waals surface area contributed by atoms with Gasteiger partial charge in [-0.2, -0.15) is 10.4 Å². The van der Waals surface area contributed by atoms with Crippen LogP contribution in [0.1, 0.15) is 30.8 Å².